The molecule has 1 aromatic carbocycles. The topological polar surface area (TPSA) is 113 Å². The number of likely N-dealkylation sites (N-methyl/N-ethyl adjacent to an activating group) is 2. The smallest absolute Gasteiger partial charge is 0.338 e. The second kappa shape index (κ2) is 10.2. The molecule has 1 rings (SSSR count). The lowest BCUT2D eigenvalue weighted by molar-refractivity contribution is -0.138. The van der Waals surface area contributed by atoms with Gasteiger partial charge in [-0.25, -0.2) is 17.5 Å². The number of rotatable bonds is 9. The largest absolute Gasteiger partial charge is 0.452 e. The van der Waals surface area contributed by atoms with E-state index < -0.39 is 28.5 Å². The molecule has 0 unspecified atom stereocenters. The Hall–Kier alpha value is -2.46. The average molecular weight is 413 g/mol. The molecule has 9 nitrogen and oxygen atoms in total. The zero-order valence-electron chi connectivity index (χ0n) is 16.8. The van der Waals surface area contributed by atoms with E-state index >= 15 is 0 Å². The van der Waals surface area contributed by atoms with Crippen LogP contribution in [0.1, 0.15) is 29.8 Å². The quantitative estimate of drug-likeness (QED) is 0.586. The van der Waals surface area contributed by atoms with Gasteiger partial charge in [0.15, 0.2) is 6.61 Å². The molecule has 0 aliphatic heterocycles. The number of amides is 2. The van der Waals surface area contributed by atoms with Crippen LogP contribution in [0.4, 0.5) is 0 Å². The summed E-state index contributed by atoms with van der Waals surface area (Å²) < 4.78 is 30.6. The van der Waals surface area contributed by atoms with E-state index in [-0.39, 0.29) is 29.5 Å². The summed E-state index contributed by atoms with van der Waals surface area (Å²) in [5, 5.41) is 2.59. The number of nitrogens with one attached hydrogen (secondary N) is 1. The van der Waals surface area contributed by atoms with Crippen LogP contribution in [-0.2, 0) is 24.3 Å². The van der Waals surface area contributed by atoms with Crippen LogP contribution in [0.3, 0.4) is 0 Å². The predicted octanol–water partition coefficient (Wildman–Crippen LogP) is 0.387. The van der Waals surface area contributed by atoms with Gasteiger partial charge in [-0.2, -0.15) is 0 Å². The summed E-state index contributed by atoms with van der Waals surface area (Å²) in [6.07, 6.45) is 0. The number of benzene rings is 1. The van der Waals surface area contributed by atoms with Crippen molar-refractivity contribution in [3.05, 3.63) is 29.3 Å². The predicted molar refractivity (Wildman–Crippen MR) is 103 cm³/mol. The van der Waals surface area contributed by atoms with Gasteiger partial charge < -0.3 is 15.0 Å². The van der Waals surface area contributed by atoms with Crippen LogP contribution < -0.4 is 5.32 Å². The van der Waals surface area contributed by atoms with Gasteiger partial charge in [0.2, 0.25) is 15.9 Å². The number of aryl methyl sites for hydroxylation is 1. The van der Waals surface area contributed by atoms with E-state index in [2.05, 4.69) is 5.32 Å². The van der Waals surface area contributed by atoms with Crippen LogP contribution in [0.25, 0.3) is 0 Å². The van der Waals surface area contributed by atoms with Crippen molar-refractivity contribution in [3.8, 4) is 0 Å². The minimum Gasteiger partial charge on any atom is -0.452 e. The van der Waals surface area contributed by atoms with Crippen molar-refractivity contribution >= 4 is 27.8 Å². The maximum Gasteiger partial charge on any atom is 0.338 e. The fraction of sp³-hybridized carbons (Fsp3) is 0.500. The Morgan fingerprint density at radius 3 is 2.32 bits per heavy atom. The standard InChI is InChI=1S/C18H27N3O6S/c1-6-19-16(22)11-21(7-2)17(23)12-27-18(24)15-10-14(9-8-13(15)3)28(25,26)20(4)5/h8-10H,6-7,11-12H2,1-5H3,(H,19,22). The summed E-state index contributed by atoms with van der Waals surface area (Å²) in [5.74, 6) is -1.63. The number of hydrogen-bond acceptors (Lipinski definition) is 6. The number of ether oxygens (including phenoxy) is 1. The zero-order chi connectivity index (χ0) is 21.5. The first-order chi connectivity index (χ1) is 13.0. The number of sulfonamides is 1. The van der Waals surface area contributed by atoms with Crippen LogP contribution in [0, 0.1) is 6.92 Å². The average Bonchev–Trinajstić information content (AvgIpc) is 2.64. The Bertz CT molecular complexity index is 836. The molecule has 0 saturated carbocycles. The third kappa shape index (κ3) is 6.03. The van der Waals surface area contributed by atoms with Gasteiger partial charge in [0.1, 0.15) is 0 Å². The van der Waals surface area contributed by atoms with Crippen LogP contribution in [0.2, 0.25) is 0 Å². The molecule has 0 heterocycles. The number of carbonyl (C=O) groups excluding carboxylic acids is 3. The highest BCUT2D eigenvalue weighted by molar-refractivity contribution is 7.89. The summed E-state index contributed by atoms with van der Waals surface area (Å²) >= 11 is 0. The molecule has 28 heavy (non-hydrogen) atoms. The molecule has 0 aliphatic carbocycles. The molecule has 0 spiro atoms. The van der Waals surface area contributed by atoms with Crippen molar-refractivity contribution in [1.29, 1.82) is 0 Å². The fourth-order valence-corrected chi connectivity index (χ4v) is 3.22. The third-order valence-corrected chi connectivity index (χ3v) is 5.79. The van der Waals surface area contributed by atoms with E-state index in [9.17, 15) is 22.8 Å². The van der Waals surface area contributed by atoms with E-state index in [1.165, 1.54) is 37.2 Å². The van der Waals surface area contributed by atoms with E-state index in [1.807, 2.05) is 0 Å². The van der Waals surface area contributed by atoms with Gasteiger partial charge >= 0.3 is 5.97 Å². The van der Waals surface area contributed by atoms with E-state index in [4.69, 9.17) is 4.74 Å². The molecule has 0 radical (unpaired) electrons. The lowest BCUT2D eigenvalue weighted by atomic mass is 10.1. The van der Waals surface area contributed by atoms with Gasteiger partial charge in [0.25, 0.3) is 5.91 Å². The van der Waals surface area contributed by atoms with Gasteiger partial charge in [-0.3, -0.25) is 9.59 Å². The summed E-state index contributed by atoms with van der Waals surface area (Å²) in [4.78, 5) is 37.4. The summed E-state index contributed by atoms with van der Waals surface area (Å²) in [6, 6.07) is 4.13. The Morgan fingerprint density at radius 2 is 1.79 bits per heavy atom. The molecule has 0 saturated heterocycles. The molecular formula is C18H27N3O6S. The first-order valence-electron chi connectivity index (χ1n) is 8.79. The van der Waals surface area contributed by atoms with Crippen LogP contribution in [0.5, 0.6) is 0 Å². The summed E-state index contributed by atoms with van der Waals surface area (Å²) in [6.45, 7) is 5.17. The molecule has 156 valence electrons. The van der Waals surface area contributed by atoms with Crippen molar-refractivity contribution in [2.45, 2.75) is 25.7 Å². The molecule has 0 aliphatic rings. The Morgan fingerprint density at radius 1 is 1.14 bits per heavy atom. The number of esters is 1. The molecule has 1 N–H and O–H groups in total. The summed E-state index contributed by atoms with van der Waals surface area (Å²) in [7, 11) is -0.934. The molecule has 0 aromatic heterocycles. The van der Waals surface area contributed by atoms with Crippen molar-refractivity contribution in [2.75, 3.05) is 40.3 Å². The minimum absolute atomic E-state index is 0.0483. The SMILES string of the molecule is CCNC(=O)CN(CC)C(=O)COC(=O)c1cc(S(=O)(=O)N(C)C)ccc1C. The maximum atomic E-state index is 12.4. The highest BCUT2D eigenvalue weighted by atomic mass is 32.2. The number of nitrogens with zero attached hydrogens (tertiary/aromatic N) is 2. The third-order valence-electron chi connectivity index (χ3n) is 3.98. The lowest BCUT2D eigenvalue weighted by Crippen LogP contribution is -2.42. The number of carbonyl (C=O) groups is 3. The monoisotopic (exact) mass is 413 g/mol. The molecule has 0 fully saturated rings. The molecule has 2 amide bonds. The maximum absolute atomic E-state index is 12.4. The molecule has 10 heteroatoms. The van der Waals surface area contributed by atoms with Gasteiger partial charge in [0, 0.05) is 27.2 Å². The van der Waals surface area contributed by atoms with Crippen molar-refractivity contribution in [1.82, 2.24) is 14.5 Å². The first-order valence-corrected chi connectivity index (χ1v) is 10.2. The fourth-order valence-electron chi connectivity index (χ4n) is 2.29. The number of hydrogen-bond donors (Lipinski definition) is 1. The van der Waals surface area contributed by atoms with Crippen LogP contribution in [0.15, 0.2) is 23.1 Å². The summed E-state index contributed by atoms with van der Waals surface area (Å²) in [5.41, 5.74) is 0.576. The van der Waals surface area contributed by atoms with E-state index in [0.29, 0.717) is 12.1 Å². The van der Waals surface area contributed by atoms with Crippen LogP contribution in [-0.4, -0.2) is 75.7 Å². The van der Waals surface area contributed by atoms with Crippen LogP contribution >= 0.6 is 0 Å². The minimum atomic E-state index is -3.71. The Kier molecular flexibility index (Phi) is 8.58. The molecule has 0 bridgehead atoms. The van der Waals surface area contributed by atoms with Crippen molar-refractivity contribution < 1.29 is 27.5 Å². The molecule has 1 aromatic rings. The molecular weight excluding hydrogens is 386 g/mol. The van der Waals surface area contributed by atoms with Gasteiger partial charge in [-0.05, 0) is 38.5 Å². The lowest BCUT2D eigenvalue weighted by Gasteiger charge is -2.20. The second-order valence-electron chi connectivity index (χ2n) is 6.20. The Labute approximate surface area is 165 Å². The highest BCUT2D eigenvalue weighted by Crippen LogP contribution is 2.19. The zero-order valence-corrected chi connectivity index (χ0v) is 17.6. The van der Waals surface area contributed by atoms with Crippen molar-refractivity contribution in [3.63, 3.8) is 0 Å². The highest BCUT2D eigenvalue weighted by Gasteiger charge is 2.22. The van der Waals surface area contributed by atoms with E-state index in [1.54, 1.807) is 20.8 Å². The van der Waals surface area contributed by atoms with Crippen molar-refractivity contribution in [2.24, 2.45) is 0 Å². The van der Waals surface area contributed by atoms with Gasteiger partial charge in [0.05, 0.1) is 17.0 Å². The Balaban J connectivity index is 2.88. The van der Waals surface area contributed by atoms with Gasteiger partial charge in [-0.1, -0.05) is 6.07 Å². The molecule has 0 atom stereocenters. The normalized spacial score (nSPS) is 11.2. The second-order valence-corrected chi connectivity index (χ2v) is 8.35. The van der Waals surface area contributed by atoms with Gasteiger partial charge in [-0.15, -0.1) is 0 Å². The first kappa shape index (κ1) is 23.6. The van der Waals surface area contributed by atoms with E-state index in [0.717, 1.165) is 4.31 Å².